The van der Waals surface area contributed by atoms with E-state index in [4.69, 9.17) is 9.47 Å². The molecule has 140 valence electrons. The van der Waals surface area contributed by atoms with Gasteiger partial charge in [0.1, 0.15) is 0 Å². The molecule has 1 heterocycles. The number of ether oxygens (including phenoxy) is 2. The minimum atomic E-state index is -0.524. The average Bonchev–Trinajstić information content (AvgIpc) is 3.08. The fourth-order valence-corrected chi connectivity index (χ4v) is 2.37. The maximum atomic E-state index is 11.8. The molecule has 1 atom stereocenters. The molecule has 1 aliphatic heterocycles. The molecule has 1 amide bonds. The van der Waals surface area contributed by atoms with Crippen LogP contribution >= 0.6 is 0 Å². The molecule has 0 aromatic carbocycles. The summed E-state index contributed by atoms with van der Waals surface area (Å²) in [5, 5.41) is 9.15. The quantitative estimate of drug-likeness (QED) is 0.310. The third-order valence-electron chi connectivity index (χ3n) is 3.95. The first-order valence-corrected chi connectivity index (χ1v) is 8.89. The van der Waals surface area contributed by atoms with Crippen molar-refractivity contribution in [2.45, 2.75) is 33.6 Å². The number of nitrogens with zero attached hydrogens (tertiary/aromatic N) is 1. The van der Waals surface area contributed by atoms with Gasteiger partial charge >= 0.3 is 0 Å². The van der Waals surface area contributed by atoms with Crippen molar-refractivity contribution in [3.63, 3.8) is 0 Å². The Hall–Kier alpha value is -1.34. The topological polar surface area (TPSA) is 84.0 Å². The summed E-state index contributed by atoms with van der Waals surface area (Å²) in [7, 11) is 1.65. The van der Waals surface area contributed by atoms with Gasteiger partial charge in [-0.05, 0) is 33.6 Å². The van der Waals surface area contributed by atoms with E-state index < -0.39 is 5.41 Å². The highest BCUT2D eigenvalue weighted by atomic mass is 16.5. The van der Waals surface area contributed by atoms with Gasteiger partial charge in [-0.2, -0.15) is 0 Å². The van der Waals surface area contributed by atoms with E-state index >= 15 is 0 Å². The maximum Gasteiger partial charge on any atom is 0.227 e. The third-order valence-corrected chi connectivity index (χ3v) is 3.95. The normalized spacial score (nSPS) is 18.5. The second kappa shape index (κ2) is 11.3. The average molecular weight is 342 g/mol. The van der Waals surface area contributed by atoms with Crippen LogP contribution in [0.3, 0.4) is 0 Å². The molecule has 0 saturated carbocycles. The fraction of sp³-hybridized carbons (Fsp3) is 0.882. The van der Waals surface area contributed by atoms with Gasteiger partial charge in [0.15, 0.2) is 5.96 Å². The molecule has 1 unspecified atom stereocenters. The van der Waals surface area contributed by atoms with Crippen molar-refractivity contribution >= 4 is 11.9 Å². The molecule has 1 fully saturated rings. The first-order chi connectivity index (χ1) is 11.5. The van der Waals surface area contributed by atoms with Gasteiger partial charge in [-0.25, -0.2) is 0 Å². The first kappa shape index (κ1) is 20.7. The van der Waals surface area contributed by atoms with Crippen LogP contribution in [-0.2, 0) is 14.3 Å². The van der Waals surface area contributed by atoms with Gasteiger partial charge < -0.3 is 25.4 Å². The summed E-state index contributed by atoms with van der Waals surface area (Å²) in [6.07, 6.45) is 2.02. The van der Waals surface area contributed by atoms with Gasteiger partial charge in [0.25, 0.3) is 0 Å². The Balaban J connectivity index is 2.24. The van der Waals surface area contributed by atoms with Gasteiger partial charge in [0, 0.05) is 39.3 Å². The highest BCUT2D eigenvalue weighted by molar-refractivity contribution is 5.83. The van der Waals surface area contributed by atoms with Gasteiger partial charge in [0.2, 0.25) is 5.91 Å². The predicted octanol–water partition coefficient (Wildman–Crippen LogP) is 0.757. The molecule has 7 nitrogen and oxygen atoms in total. The molecular weight excluding hydrogens is 308 g/mol. The van der Waals surface area contributed by atoms with E-state index in [0.29, 0.717) is 12.5 Å². The first-order valence-electron chi connectivity index (χ1n) is 8.89. The SMILES string of the molecule is CCNC(=NCC(C)(C)C(=O)NC)NCCCOCC1CCOC1. The summed E-state index contributed by atoms with van der Waals surface area (Å²) in [6.45, 7) is 11.0. The Morgan fingerprint density at radius 2 is 2.17 bits per heavy atom. The van der Waals surface area contributed by atoms with Crippen LogP contribution in [0, 0.1) is 11.3 Å². The molecule has 1 rings (SSSR count). The second-order valence-corrected chi connectivity index (χ2v) is 6.74. The van der Waals surface area contributed by atoms with Crippen molar-refractivity contribution in [3.8, 4) is 0 Å². The number of hydrogen-bond donors (Lipinski definition) is 3. The molecule has 1 saturated heterocycles. The van der Waals surface area contributed by atoms with Gasteiger partial charge in [-0.3, -0.25) is 9.79 Å². The number of carbonyl (C=O) groups is 1. The van der Waals surface area contributed by atoms with Crippen molar-refractivity contribution < 1.29 is 14.3 Å². The largest absolute Gasteiger partial charge is 0.381 e. The summed E-state index contributed by atoms with van der Waals surface area (Å²) in [5.41, 5.74) is -0.524. The number of carbonyl (C=O) groups excluding carboxylic acids is 1. The fourth-order valence-electron chi connectivity index (χ4n) is 2.37. The third kappa shape index (κ3) is 7.97. The van der Waals surface area contributed by atoms with Crippen LogP contribution in [0.25, 0.3) is 0 Å². The smallest absolute Gasteiger partial charge is 0.227 e. The molecule has 0 aliphatic carbocycles. The maximum absolute atomic E-state index is 11.8. The number of amides is 1. The zero-order chi connectivity index (χ0) is 17.8. The lowest BCUT2D eigenvalue weighted by molar-refractivity contribution is -0.128. The zero-order valence-corrected chi connectivity index (χ0v) is 15.6. The summed E-state index contributed by atoms with van der Waals surface area (Å²) < 4.78 is 11.0. The molecule has 0 bridgehead atoms. The van der Waals surface area contributed by atoms with Crippen molar-refractivity contribution in [3.05, 3.63) is 0 Å². The molecule has 0 spiro atoms. The van der Waals surface area contributed by atoms with Crippen LogP contribution in [0.2, 0.25) is 0 Å². The van der Waals surface area contributed by atoms with E-state index in [2.05, 4.69) is 20.9 Å². The number of rotatable bonds is 10. The van der Waals surface area contributed by atoms with Crippen molar-refractivity contribution in [2.24, 2.45) is 16.3 Å². The van der Waals surface area contributed by atoms with Crippen molar-refractivity contribution in [1.82, 2.24) is 16.0 Å². The standard InChI is InChI=1S/C17H34N4O3/c1-5-19-16(21-13-17(2,3)15(22)18-4)20-8-6-9-23-11-14-7-10-24-12-14/h14H,5-13H2,1-4H3,(H,18,22)(H2,19,20,21). The van der Waals surface area contributed by atoms with E-state index in [1.165, 1.54) is 0 Å². The number of aliphatic imine (C=N–C) groups is 1. The number of guanidine groups is 1. The van der Waals surface area contributed by atoms with Crippen LogP contribution in [0.5, 0.6) is 0 Å². The van der Waals surface area contributed by atoms with E-state index in [1.807, 2.05) is 20.8 Å². The van der Waals surface area contributed by atoms with Gasteiger partial charge in [-0.15, -0.1) is 0 Å². The Kier molecular flexibility index (Phi) is 9.71. The van der Waals surface area contributed by atoms with Crippen LogP contribution < -0.4 is 16.0 Å². The van der Waals surface area contributed by atoms with E-state index in [1.54, 1.807) is 7.05 Å². The van der Waals surface area contributed by atoms with Crippen LogP contribution in [-0.4, -0.2) is 65.0 Å². The van der Waals surface area contributed by atoms with E-state index in [0.717, 1.165) is 58.3 Å². The summed E-state index contributed by atoms with van der Waals surface area (Å²) in [6, 6.07) is 0. The highest BCUT2D eigenvalue weighted by Gasteiger charge is 2.26. The zero-order valence-electron chi connectivity index (χ0n) is 15.6. The lowest BCUT2D eigenvalue weighted by Crippen LogP contribution is -2.41. The van der Waals surface area contributed by atoms with Crippen molar-refractivity contribution in [2.75, 3.05) is 53.1 Å². The Bertz CT molecular complexity index is 393. The summed E-state index contributed by atoms with van der Waals surface area (Å²) >= 11 is 0. The molecule has 3 N–H and O–H groups in total. The van der Waals surface area contributed by atoms with E-state index in [9.17, 15) is 4.79 Å². The lowest BCUT2D eigenvalue weighted by Gasteiger charge is -2.21. The Labute approximate surface area is 146 Å². The van der Waals surface area contributed by atoms with E-state index in [-0.39, 0.29) is 5.91 Å². The highest BCUT2D eigenvalue weighted by Crippen LogP contribution is 2.15. The molecular formula is C17H34N4O3. The van der Waals surface area contributed by atoms with Crippen LogP contribution in [0.15, 0.2) is 4.99 Å². The molecule has 0 aromatic heterocycles. The number of nitrogens with one attached hydrogen (secondary N) is 3. The lowest BCUT2D eigenvalue weighted by atomic mass is 9.93. The minimum absolute atomic E-state index is 0.00797. The molecule has 1 aliphatic rings. The van der Waals surface area contributed by atoms with Gasteiger partial charge in [0.05, 0.1) is 25.2 Å². The summed E-state index contributed by atoms with van der Waals surface area (Å²) in [4.78, 5) is 16.3. The predicted molar refractivity (Wildman–Crippen MR) is 96.2 cm³/mol. The monoisotopic (exact) mass is 342 g/mol. The van der Waals surface area contributed by atoms with Crippen molar-refractivity contribution in [1.29, 1.82) is 0 Å². The van der Waals surface area contributed by atoms with Gasteiger partial charge in [-0.1, -0.05) is 0 Å². The minimum Gasteiger partial charge on any atom is -0.381 e. The van der Waals surface area contributed by atoms with Crippen LogP contribution in [0.4, 0.5) is 0 Å². The number of hydrogen-bond acceptors (Lipinski definition) is 4. The molecule has 0 aromatic rings. The Morgan fingerprint density at radius 1 is 1.38 bits per heavy atom. The second-order valence-electron chi connectivity index (χ2n) is 6.74. The van der Waals surface area contributed by atoms with Crippen LogP contribution in [0.1, 0.15) is 33.6 Å². The molecule has 24 heavy (non-hydrogen) atoms. The molecule has 7 heteroatoms. The Morgan fingerprint density at radius 3 is 2.79 bits per heavy atom. The molecule has 0 radical (unpaired) electrons. The summed E-state index contributed by atoms with van der Waals surface area (Å²) in [5.74, 6) is 1.29.